The highest BCUT2D eigenvalue weighted by Crippen LogP contribution is 2.18. The van der Waals surface area contributed by atoms with Gasteiger partial charge in [0.15, 0.2) is 0 Å². The third-order valence-electron chi connectivity index (χ3n) is 3.31. The molecule has 0 radical (unpaired) electrons. The topological polar surface area (TPSA) is 38.0 Å². The Morgan fingerprint density at radius 3 is 2.78 bits per heavy atom. The summed E-state index contributed by atoms with van der Waals surface area (Å²) < 4.78 is 0. The van der Waals surface area contributed by atoms with E-state index in [-0.39, 0.29) is 0 Å². The summed E-state index contributed by atoms with van der Waals surface area (Å²) >= 11 is 1.83. The number of benzene rings is 1. The van der Waals surface area contributed by atoms with Crippen molar-refractivity contribution in [2.24, 2.45) is 0 Å². The molecule has 2 nitrogen and oxygen atoms in total. The Balaban J connectivity index is 1.94. The second kappa shape index (κ2) is 6.03. The van der Waals surface area contributed by atoms with Gasteiger partial charge in [-0.3, -0.25) is 0 Å². The van der Waals surface area contributed by atoms with Crippen molar-refractivity contribution in [3.63, 3.8) is 0 Å². The van der Waals surface area contributed by atoms with E-state index in [9.17, 15) is 0 Å². The van der Waals surface area contributed by atoms with Gasteiger partial charge < -0.3 is 11.1 Å². The van der Waals surface area contributed by atoms with Crippen LogP contribution in [0.2, 0.25) is 0 Å². The van der Waals surface area contributed by atoms with E-state index in [1.807, 2.05) is 23.5 Å². The zero-order valence-corrected chi connectivity index (χ0v) is 11.8. The number of hydrogen-bond acceptors (Lipinski definition) is 3. The summed E-state index contributed by atoms with van der Waals surface area (Å²) in [5, 5.41) is 5.67. The van der Waals surface area contributed by atoms with Crippen molar-refractivity contribution in [2.45, 2.75) is 33.4 Å². The van der Waals surface area contributed by atoms with Crippen molar-refractivity contribution < 1.29 is 0 Å². The largest absolute Gasteiger partial charge is 0.399 e. The molecule has 0 amide bonds. The number of hydrogen-bond donors (Lipinski definition) is 2. The molecule has 0 bridgehead atoms. The maximum Gasteiger partial charge on any atom is 0.0346 e. The third kappa shape index (κ3) is 2.92. The van der Waals surface area contributed by atoms with Crippen molar-refractivity contribution in [3.8, 4) is 0 Å². The third-order valence-corrected chi connectivity index (χ3v) is 4.27. The van der Waals surface area contributed by atoms with E-state index >= 15 is 0 Å². The zero-order chi connectivity index (χ0) is 13.0. The predicted octanol–water partition coefficient (Wildman–Crippen LogP) is 3.49. The van der Waals surface area contributed by atoms with Crippen LogP contribution in [0.25, 0.3) is 0 Å². The van der Waals surface area contributed by atoms with Gasteiger partial charge >= 0.3 is 0 Å². The van der Waals surface area contributed by atoms with Crippen LogP contribution in [0.15, 0.2) is 29.6 Å². The number of aryl methyl sites for hydroxylation is 1. The van der Waals surface area contributed by atoms with Crippen molar-refractivity contribution in [1.29, 1.82) is 0 Å². The highest BCUT2D eigenvalue weighted by Gasteiger charge is 2.04. The lowest BCUT2D eigenvalue weighted by Gasteiger charge is -2.09. The van der Waals surface area contributed by atoms with Crippen molar-refractivity contribution in [3.05, 3.63) is 51.2 Å². The van der Waals surface area contributed by atoms with Crippen molar-refractivity contribution in [1.82, 2.24) is 5.32 Å². The number of anilines is 1. The van der Waals surface area contributed by atoms with E-state index < -0.39 is 0 Å². The Kier molecular flexibility index (Phi) is 4.39. The van der Waals surface area contributed by atoms with E-state index in [0.717, 1.165) is 25.2 Å². The van der Waals surface area contributed by atoms with Gasteiger partial charge in [-0.1, -0.05) is 19.1 Å². The van der Waals surface area contributed by atoms with Gasteiger partial charge in [-0.05, 0) is 47.5 Å². The smallest absolute Gasteiger partial charge is 0.0346 e. The second-order valence-electron chi connectivity index (χ2n) is 4.46. The molecule has 0 aliphatic carbocycles. The Hall–Kier alpha value is -1.32. The summed E-state index contributed by atoms with van der Waals surface area (Å²) in [6.45, 7) is 6.09. The molecule has 2 rings (SSSR count). The molecule has 3 heteroatoms. The maximum atomic E-state index is 5.91. The minimum absolute atomic E-state index is 0.873. The fourth-order valence-corrected chi connectivity index (χ4v) is 2.99. The monoisotopic (exact) mass is 260 g/mol. The number of nitrogen functional groups attached to an aromatic ring is 1. The minimum Gasteiger partial charge on any atom is -0.399 e. The summed E-state index contributed by atoms with van der Waals surface area (Å²) in [4.78, 5) is 1.44. The molecule has 0 aliphatic heterocycles. The van der Waals surface area contributed by atoms with Gasteiger partial charge in [0.05, 0.1) is 0 Å². The van der Waals surface area contributed by atoms with Crippen LogP contribution in [-0.2, 0) is 19.5 Å². The maximum absolute atomic E-state index is 5.91. The first-order chi connectivity index (χ1) is 8.72. The molecule has 96 valence electrons. The van der Waals surface area contributed by atoms with Crippen LogP contribution in [0, 0.1) is 6.92 Å². The van der Waals surface area contributed by atoms with Crippen LogP contribution in [-0.4, -0.2) is 0 Å². The zero-order valence-electron chi connectivity index (χ0n) is 11.0. The second-order valence-corrected chi connectivity index (χ2v) is 5.46. The molecule has 0 aliphatic rings. The minimum atomic E-state index is 0.873. The fraction of sp³-hybridized carbons (Fsp3) is 0.333. The summed E-state index contributed by atoms with van der Waals surface area (Å²) in [5.41, 5.74) is 10.7. The Morgan fingerprint density at radius 2 is 2.00 bits per heavy atom. The van der Waals surface area contributed by atoms with Crippen molar-refractivity contribution >= 4 is 17.0 Å². The Morgan fingerprint density at radius 1 is 1.17 bits per heavy atom. The van der Waals surface area contributed by atoms with Gasteiger partial charge in [0, 0.05) is 23.7 Å². The normalized spacial score (nSPS) is 10.8. The molecular formula is C15H20N2S. The molecule has 0 saturated carbocycles. The summed E-state index contributed by atoms with van der Waals surface area (Å²) in [6, 6.07) is 8.32. The van der Waals surface area contributed by atoms with Gasteiger partial charge in [0.25, 0.3) is 0 Å². The molecule has 0 fully saturated rings. The lowest BCUT2D eigenvalue weighted by atomic mass is 10.1. The molecule has 0 spiro atoms. The van der Waals surface area contributed by atoms with Crippen LogP contribution >= 0.6 is 11.3 Å². The number of nitrogens with two attached hydrogens (primary N) is 1. The lowest BCUT2D eigenvalue weighted by molar-refractivity contribution is 0.694. The molecule has 3 N–H and O–H groups in total. The van der Waals surface area contributed by atoms with E-state index in [0.29, 0.717) is 0 Å². The van der Waals surface area contributed by atoms with Gasteiger partial charge in [-0.2, -0.15) is 0 Å². The van der Waals surface area contributed by atoms with Gasteiger partial charge in [-0.25, -0.2) is 0 Å². The summed E-state index contributed by atoms with van der Waals surface area (Å²) in [6.07, 6.45) is 1.11. The van der Waals surface area contributed by atoms with Crippen LogP contribution in [0.4, 0.5) is 5.69 Å². The molecule has 0 unspecified atom stereocenters. The molecular weight excluding hydrogens is 240 g/mol. The Bertz CT molecular complexity index is 517. The van der Waals surface area contributed by atoms with Gasteiger partial charge in [0.1, 0.15) is 0 Å². The molecule has 1 heterocycles. The average Bonchev–Trinajstić information content (AvgIpc) is 2.82. The molecule has 2 aromatic rings. The predicted molar refractivity (Wildman–Crippen MR) is 79.8 cm³/mol. The molecule has 1 aromatic heterocycles. The summed E-state index contributed by atoms with van der Waals surface area (Å²) in [5.74, 6) is 0. The van der Waals surface area contributed by atoms with Crippen molar-refractivity contribution in [2.75, 3.05) is 5.73 Å². The highest BCUT2D eigenvalue weighted by molar-refractivity contribution is 7.10. The van der Waals surface area contributed by atoms with Crippen LogP contribution in [0.5, 0.6) is 0 Å². The van der Waals surface area contributed by atoms with Crippen LogP contribution in [0.3, 0.4) is 0 Å². The van der Waals surface area contributed by atoms with E-state index in [1.165, 1.54) is 21.6 Å². The van der Waals surface area contributed by atoms with E-state index in [4.69, 9.17) is 5.73 Å². The molecule has 1 aromatic carbocycles. The van der Waals surface area contributed by atoms with Crippen LogP contribution in [0.1, 0.15) is 28.5 Å². The molecule has 18 heavy (non-hydrogen) atoms. The Labute approximate surface area is 113 Å². The van der Waals surface area contributed by atoms with Gasteiger partial charge in [-0.15, -0.1) is 11.3 Å². The number of rotatable bonds is 5. The average molecular weight is 260 g/mol. The first-order valence-electron chi connectivity index (χ1n) is 6.32. The standard InChI is InChI=1S/C15H20N2S/c1-3-12-7-8-18-15(12)10-17-9-13-5-4-6-14(16)11(13)2/h4-8,17H,3,9-10,16H2,1-2H3. The van der Waals surface area contributed by atoms with E-state index in [1.54, 1.807) is 0 Å². The molecule has 0 saturated heterocycles. The highest BCUT2D eigenvalue weighted by atomic mass is 32.1. The van der Waals surface area contributed by atoms with Gasteiger partial charge in [0.2, 0.25) is 0 Å². The number of nitrogens with one attached hydrogen (secondary N) is 1. The lowest BCUT2D eigenvalue weighted by Crippen LogP contribution is -2.14. The summed E-state index contributed by atoms with van der Waals surface area (Å²) in [7, 11) is 0. The SMILES string of the molecule is CCc1ccsc1CNCc1cccc(N)c1C. The number of thiophene rings is 1. The fourth-order valence-electron chi connectivity index (χ4n) is 2.04. The quantitative estimate of drug-likeness (QED) is 0.808. The van der Waals surface area contributed by atoms with E-state index in [2.05, 4.69) is 36.7 Å². The molecule has 0 atom stereocenters. The van der Waals surface area contributed by atoms with Crippen LogP contribution < -0.4 is 11.1 Å². The first kappa shape index (κ1) is 13.1. The first-order valence-corrected chi connectivity index (χ1v) is 7.20.